The molecule has 0 saturated heterocycles. The fraction of sp³-hybridized carbons (Fsp3) is 0.133. The Kier molecular flexibility index (Phi) is 5.34. The van der Waals surface area contributed by atoms with E-state index < -0.39 is 7.92 Å². The molecule has 0 saturated carbocycles. The van der Waals surface area contributed by atoms with Gasteiger partial charge >= 0.3 is 0 Å². The van der Waals surface area contributed by atoms with Crippen molar-refractivity contribution >= 4 is 29.9 Å². The van der Waals surface area contributed by atoms with Gasteiger partial charge in [0.1, 0.15) is 0 Å². The van der Waals surface area contributed by atoms with Crippen LogP contribution in [0.3, 0.4) is 0 Å². The van der Waals surface area contributed by atoms with Crippen LogP contribution in [0.25, 0.3) is 6.08 Å². The zero-order chi connectivity index (χ0) is 21.4. The van der Waals surface area contributed by atoms with Crippen LogP contribution in [0.5, 0.6) is 0 Å². The van der Waals surface area contributed by atoms with Crippen molar-refractivity contribution in [2.24, 2.45) is 0 Å². The molecule has 0 heterocycles. The Labute approximate surface area is 187 Å². The van der Waals surface area contributed by atoms with Crippen LogP contribution in [0.1, 0.15) is 40.7 Å². The summed E-state index contributed by atoms with van der Waals surface area (Å²) in [4.78, 5) is 0. The highest BCUT2D eigenvalue weighted by molar-refractivity contribution is 7.80. The summed E-state index contributed by atoms with van der Waals surface area (Å²) >= 11 is 0. The maximum atomic E-state index is 2.37. The lowest BCUT2D eigenvalue weighted by Gasteiger charge is -2.28. The van der Waals surface area contributed by atoms with Crippen molar-refractivity contribution in [1.82, 2.24) is 0 Å². The first-order valence-electron chi connectivity index (χ1n) is 10.9. The molecule has 0 aliphatic heterocycles. The Hall–Kier alpha value is -2.95. The van der Waals surface area contributed by atoms with Crippen molar-refractivity contribution in [2.75, 3.05) is 0 Å². The molecule has 4 aromatic carbocycles. The van der Waals surface area contributed by atoms with Crippen LogP contribution in [0.4, 0.5) is 0 Å². The number of benzene rings is 4. The second-order valence-corrected chi connectivity index (χ2v) is 10.5. The van der Waals surface area contributed by atoms with Crippen LogP contribution in [0.2, 0.25) is 0 Å². The average Bonchev–Trinajstić information content (AvgIpc) is 3.12. The van der Waals surface area contributed by atoms with Gasteiger partial charge in [-0.25, -0.2) is 0 Å². The minimum absolute atomic E-state index is 0.324. The lowest BCUT2D eigenvalue weighted by Crippen LogP contribution is -2.27. The number of hydrogen-bond acceptors (Lipinski definition) is 0. The minimum Gasteiger partial charge on any atom is -0.0620 e. The van der Waals surface area contributed by atoms with Crippen LogP contribution in [0, 0.1) is 13.8 Å². The maximum Gasteiger partial charge on any atom is 0.0312 e. The average molecular weight is 419 g/mol. The number of fused-ring (bicyclic) bond motifs is 1. The van der Waals surface area contributed by atoms with Crippen molar-refractivity contribution in [3.05, 3.63) is 130 Å². The molecule has 0 N–H and O–H groups in total. The van der Waals surface area contributed by atoms with Crippen LogP contribution in [-0.4, -0.2) is 0 Å². The van der Waals surface area contributed by atoms with E-state index in [1.165, 1.54) is 49.3 Å². The van der Waals surface area contributed by atoms with E-state index >= 15 is 0 Å². The molecule has 152 valence electrons. The van der Waals surface area contributed by atoms with Crippen molar-refractivity contribution in [3.63, 3.8) is 0 Å². The third-order valence-electron chi connectivity index (χ3n) is 6.35. The summed E-state index contributed by atoms with van der Waals surface area (Å²) in [6.45, 7) is 6.79. The Balaban J connectivity index is 1.76. The van der Waals surface area contributed by atoms with Gasteiger partial charge in [-0.15, -0.1) is 0 Å². The number of hydrogen-bond donors (Lipinski definition) is 0. The molecule has 0 spiro atoms. The van der Waals surface area contributed by atoms with Gasteiger partial charge in [-0.1, -0.05) is 109 Å². The first-order valence-corrected chi connectivity index (χ1v) is 12.3. The SMILES string of the molecule is CC1=Cc2ccccc2C1c1ccccc1P(c1ccccc1C)c1ccccc1C. The normalized spacial score (nSPS) is 15.1. The van der Waals surface area contributed by atoms with Crippen molar-refractivity contribution in [1.29, 1.82) is 0 Å². The quantitative estimate of drug-likeness (QED) is 0.327. The molecule has 0 fully saturated rings. The third-order valence-corrected chi connectivity index (χ3v) is 9.20. The Morgan fingerprint density at radius 1 is 0.516 bits per heavy atom. The van der Waals surface area contributed by atoms with Gasteiger partial charge in [0, 0.05) is 5.92 Å². The highest BCUT2D eigenvalue weighted by Gasteiger charge is 2.29. The van der Waals surface area contributed by atoms with Crippen molar-refractivity contribution in [3.8, 4) is 0 Å². The molecular weight excluding hydrogens is 391 g/mol. The summed E-state index contributed by atoms with van der Waals surface area (Å²) in [5, 5.41) is 4.37. The molecule has 1 atom stereocenters. The van der Waals surface area contributed by atoms with E-state index in [0.717, 1.165) is 0 Å². The Bertz CT molecular complexity index is 1240. The topological polar surface area (TPSA) is 0 Å². The Morgan fingerprint density at radius 2 is 1.00 bits per heavy atom. The molecule has 0 aromatic heterocycles. The first-order chi connectivity index (χ1) is 15.1. The van der Waals surface area contributed by atoms with Gasteiger partial charge in [0.05, 0.1) is 0 Å². The molecular formula is C30H27P. The highest BCUT2D eigenvalue weighted by Crippen LogP contribution is 2.44. The molecule has 1 unspecified atom stereocenters. The predicted octanol–water partition coefficient (Wildman–Crippen LogP) is 6.61. The second kappa shape index (κ2) is 8.29. The molecule has 4 aromatic rings. The smallest absolute Gasteiger partial charge is 0.0312 e. The van der Waals surface area contributed by atoms with E-state index in [2.05, 4.69) is 124 Å². The van der Waals surface area contributed by atoms with E-state index in [0.29, 0.717) is 5.92 Å². The minimum atomic E-state index is -0.660. The fourth-order valence-electron chi connectivity index (χ4n) is 4.85. The van der Waals surface area contributed by atoms with Crippen LogP contribution in [0.15, 0.2) is 103 Å². The van der Waals surface area contributed by atoms with Crippen LogP contribution >= 0.6 is 7.92 Å². The summed E-state index contributed by atoms with van der Waals surface area (Å²) in [6, 6.07) is 35.8. The van der Waals surface area contributed by atoms with E-state index in [4.69, 9.17) is 0 Å². The molecule has 0 radical (unpaired) electrons. The van der Waals surface area contributed by atoms with Gasteiger partial charge in [0.2, 0.25) is 0 Å². The summed E-state index contributed by atoms with van der Waals surface area (Å²) in [5.41, 5.74) is 8.39. The van der Waals surface area contributed by atoms with E-state index in [1.54, 1.807) is 0 Å². The molecule has 1 aliphatic rings. The first kappa shape index (κ1) is 20.0. The van der Waals surface area contributed by atoms with E-state index in [-0.39, 0.29) is 0 Å². The predicted molar refractivity (Wildman–Crippen MR) is 137 cm³/mol. The van der Waals surface area contributed by atoms with Gasteiger partial charge in [-0.2, -0.15) is 0 Å². The lowest BCUT2D eigenvalue weighted by molar-refractivity contribution is 0.985. The molecule has 0 amide bonds. The molecule has 0 bridgehead atoms. The van der Waals surface area contributed by atoms with Gasteiger partial charge in [-0.3, -0.25) is 0 Å². The summed E-state index contributed by atoms with van der Waals surface area (Å²) < 4.78 is 0. The molecule has 0 nitrogen and oxygen atoms in total. The third kappa shape index (κ3) is 3.56. The zero-order valence-corrected chi connectivity index (χ0v) is 19.2. The van der Waals surface area contributed by atoms with Gasteiger partial charge in [0.15, 0.2) is 0 Å². The van der Waals surface area contributed by atoms with E-state index in [9.17, 15) is 0 Å². The van der Waals surface area contributed by atoms with Crippen LogP contribution in [-0.2, 0) is 0 Å². The monoisotopic (exact) mass is 418 g/mol. The van der Waals surface area contributed by atoms with Gasteiger partial charge < -0.3 is 0 Å². The molecule has 5 rings (SSSR count). The number of rotatable bonds is 4. The number of allylic oxidation sites excluding steroid dienone is 1. The standard InChI is InChI=1S/C30H27P/c1-21-12-4-9-17-27(21)31(28-18-10-5-13-22(28)2)29-19-11-8-16-26(29)30-23(3)20-24-14-6-7-15-25(24)30/h4-20,30H,1-3H3. The second-order valence-electron chi connectivity index (χ2n) is 8.42. The fourth-order valence-corrected chi connectivity index (χ4v) is 7.65. The molecule has 1 heteroatoms. The molecule has 31 heavy (non-hydrogen) atoms. The largest absolute Gasteiger partial charge is 0.0620 e. The van der Waals surface area contributed by atoms with Crippen molar-refractivity contribution in [2.45, 2.75) is 26.7 Å². The Morgan fingerprint density at radius 3 is 1.61 bits per heavy atom. The van der Waals surface area contributed by atoms with Crippen molar-refractivity contribution < 1.29 is 0 Å². The van der Waals surface area contributed by atoms with Gasteiger partial charge in [0.25, 0.3) is 0 Å². The molecule has 1 aliphatic carbocycles. The maximum absolute atomic E-state index is 2.37. The summed E-state index contributed by atoms with van der Waals surface area (Å²) in [6.07, 6.45) is 2.36. The van der Waals surface area contributed by atoms with E-state index in [1.807, 2.05) is 0 Å². The summed E-state index contributed by atoms with van der Waals surface area (Å²) in [7, 11) is -0.660. The summed E-state index contributed by atoms with van der Waals surface area (Å²) in [5.74, 6) is 0.324. The van der Waals surface area contributed by atoms with Gasteiger partial charge in [-0.05, 0) is 72.4 Å². The van der Waals surface area contributed by atoms with Crippen LogP contribution < -0.4 is 15.9 Å². The number of aryl methyl sites for hydroxylation is 2. The lowest BCUT2D eigenvalue weighted by atomic mass is 9.89. The zero-order valence-electron chi connectivity index (χ0n) is 18.3. The highest BCUT2D eigenvalue weighted by atomic mass is 31.1.